The number of benzene rings is 1. The van der Waals surface area contributed by atoms with Crippen LogP contribution in [0, 0.1) is 5.92 Å². The molecule has 1 aliphatic heterocycles. The van der Waals surface area contributed by atoms with Crippen LogP contribution in [0.5, 0.6) is 0 Å². The standard InChI is InChI=1S/C20H24N6O5/c1-11-13(8-27)31-17(20(11,2)29)26-10-22-14-15(23-18(21)25-16(14)26)24-19(28)30-9-12-6-4-3-5-7-12/h3-7,10-11,13,17,27,29H,8-9H2,1-2H3,(H3,21,23,24,25,28)/t11-,13+,17+,20?/m0/s1. The van der Waals surface area contributed by atoms with Gasteiger partial charge in [0, 0.05) is 5.92 Å². The molecule has 31 heavy (non-hydrogen) atoms. The number of aliphatic hydroxyl groups excluding tert-OH is 1. The number of nitrogens with two attached hydrogens (primary N) is 1. The molecule has 164 valence electrons. The van der Waals surface area contributed by atoms with Gasteiger partial charge in [0.05, 0.1) is 19.0 Å². The second kappa shape index (κ2) is 8.10. The first kappa shape index (κ1) is 21.0. The Morgan fingerprint density at radius 2 is 2.10 bits per heavy atom. The van der Waals surface area contributed by atoms with Crippen molar-refractivity contribution < 1.29 is 24.5 Å². The van der Waals surface area contributed by atoms with Crippen LogP contribution in [-0.4, -0.2) is 54.1 Å². The lowest BCUT2D eigenvalue weighted by Gasteiger charge is -2.28. The predicted molar refractivity (Wildman–Crippen MR) is 111 cm³/mol. The van der Waals surface area contributed by atoms with Gasteiger partial charge in [-0.3, -0.25) is 9.88 Å². The third-order valence-corrected chi connectivity index (χ3v) is 5.59. The Bertz CT molecular complexity index is 1090. The summed E-state index contributed by atoms with van der Waals surface area (Å²) in [5.74, 6) is -0.370. The van der Waals surface area contributed by atoms with E-state index in [1.165, 1.54) is 10.9 Å². The highest BCUT2D eigenvalue weighted by Crippen LogP contribution is 2.43. The molecule has 1 amide bonds. The number of nitrogens with one attached hydrogen (secondary N) is 1. The fourth-order valence-corrected chi connectivity index (χ4v) is 3.62. The summed E-state index contributed by atoms with van der Waals surface area (Å²) in [6.45, 7) is 3.26. The monoisotopic (exact) mass is 428 g/mol. The lowest BCUT2D eigenvalue weighted by molar-refractivity contribution is -0.0876. The maximum absolute atomic E-state index is 12.3. The van der Waals surface area contributed by atoms with Crippen molar-refractivity contribution in [1.29, 1.82) is 0 Å². The van der Waals surface area contributed by atoms with Crippen molar-refractivity contribution in [2.45, 2.75) is 38.4 Å². The fourth-order valence-electron chi connectivity index (χ4n) is 3.62. The summed E-state index contributed by atoms with van der Waals surface area (Å²) in [6.07, 6.45) is -0.722. The molecule has 4 rings (SSSR count). The first-order valence-electron chi connectivity index (χ1n) is 9.77. The van der Waals surface area contributed by atoms with E-state index in [-0.39, 0.29) is 42.1 Å². The molecular weight excluding hydrogens is 404 g/mol. The number of carbonyl (C=O) groups excluding carboxylic acids is 1. The van der Waals surface area contributed by atoms with Crippen molar-refractivity contribution in [3.8, 4) is 0 Å². The summed E-state index contributed by atoms with van der Waals surface area (Å²) < 4.78 is 12.6. The molecular formula is C20H24N6O5. The Labute approximate surface area is 177 Å². The van der Waals surface area contributed by atoms with Crippen LogP contribution in [-0.2, 0) is 16.1 Å². The smallest absolute Gasteiger partial charge is 0.413 e. The molecule has 1 aromatic carbocycles. The minimum absolute atomic E-state index is 0.0729. The van der Waals surface area contributed by atoms with Gasteiger partial charge < -0.3 is 25.4 Å². The van der Waals surface area contributed by atoms with Crippen LogP contribution in [0.2, 0.25) is 0 Å². The quantitative estimate of drug-likeness (QED) is 0.472. The van der Waals surface area contributed by atoms with Gasteiger partial charge >= 0.3 is 6.09 Å². The number of ether oxygens (including phenoxy) is 2. The molecule has 0 aliphatic carbocycles. The topological polar surface area (TPSA) is 158 Å². The second-order valence-corrected chi connectivity index (χ2v) is 7.67. The summed E-state index contributed by atoms with van der Waals surface area (Å²) in [7, 11) is 0. The summed E-state index contributed by atoms with van der Waals surface area (Å²) in [4.78, 5) is 24.8. The van der Waals surface area contributed by atoms with Gasteiger partial charge in [0.2, 0.25) is 5.95 Å². The fraction of sp³-hybridized carbons (Fsp3) is 0.400. The van der Waals surface area contributed by atoms with E-state index in [1.807, 2.05) is 30.3 Å². The normalized spacial score (nSPS) is 25.6. The zero-order valence-corrected chi connectivity index (χ0v) is 17.1. The van der Waals surface area contributed by atoms with Crippen molar-refractivity contribution in [1.82, 2.24) is 19.5 Å². The molecule has 0 saturated carbocycles. The van der Waals surface area contributed by atoms with Gasteiger partial charge in [-0.25, -0.2) is 9.78 Å². The van der Waals surface area contributed by atoms with Gasteiger partial charge in [-0.1, -0.05) is 37.3 Å². The number of fused-ring (bicyclic) bond motifs is 1. The van der Waals surface area contributed by atoms with Crippen molar-refractivity contribution in [3.63, 3.8) is 0 Å². The van der Waals surface area contributed by atoms with Gasteiger partial charge in [-0.05, 0) is 12.5 Å². The van der Waals surface area contributed by atoms with E-state index in [9.17, 15) is 15.0 Å². The maximum Gasteiger partial charge on any atom is 0.413 e. The first-order chi connectivity index (χ1) is 14.8. The number of imidazole rings is 1. The molecule has 3 aromatic rings. The van der Waals surface area contributed by atoms with Gasteiger partial charge in [0.1, 0.15) is 12.2 Å². The SMILES string of the molecule is C[C@H]1[C@@H](CO)O[C@@H](n2cnc3c(NC(=O)OCc4ccccc4)nc(N)nc32)C1(C)O. The zero-order chi connectivity index (χ0) is 22.2. The molecule has 1 fully saturated rings. The lowest BCUT2D eigenvalue weighted by atomic mass is 9.88. The molecule has 1 unspecified atom stereocenters. The Balaban J connectivity index is 1.59. The van der Waals surface area contributed by atoms with E-state index >= 15 is 0 Å². The summed E-state index contributed by atoms with van der Waals surface area (Å²) in [6, 6.07) is 9.24. The molecule has 2 aromatic heterocycles. The third-order valence-electron chi connectivity index (χ3n) is 5.59. The van der Waals surface area contributed by atoms with Crippen molar-refractivity contribution in [2.24, 2.45) is 5.92 Å². The zero-order valence-electron chi connectivity index (χ0n) is 17.1. The average molecular weight is 428 g/mol. The van der Waals surface area contributed by atoms with Gasteiger partial charge in [-0.15, -0.1) is 0 Å². The minimum atomic E-state index is -1.30. The number of aromatic nitrogens is 4. The van der Waals surface area contributed by atoms with Crippen molar-refractivity contribution >= 4 is 29.0 Å². The number of nitrogen functional groups attached to an aromatic ring is 1. The Morgan fingerprint density at radius 3 is 2.77 bits per heavy atom. The molecule has 3 heterocycles. The van der Waals surface area contributed by atoms with E-state index in [1.54, 1.807) is 13.8 Å². The van der Waals surface area contributed by atoms with Crippen LogP contribution >= 0.6 is 0 Å². The summed E-state index contributed by atoms with van der Waals surface area (Å²) in [5, 5.41) is 23.1. The molecule has 11 nitrogen and oxygen atoms in total. The average Bonchev–Trinajstić information content (AvgIpc) is 3.25. The number of aliphatic hydroxyl groups is 2. The van der Waals surface area contributed by atoms with E-state index in [4.69, 9.17) is 15.2 Å². The van der Waals surface area contributed by atoms with Crippen LogP contribution in [0.4, 0.5) is 16.6 Å². The number of anilines is 2. The highest BCUT2D eigenvalue weighted by Gasteiger charge is 2.51. The predicted octanol–water partition coefficient (Wildman–Crippen LogP) is 1.43. The molecule has 4 atom stereocenters. The van der Waals surface area contributed by atoms with E-state index < -0.39 is 24.0 Å². The molecule has 0 spiro atoms. The van der Waals surface area contributed by atoms with Gasteiger partial charge in [0.25, 0.3) is 0 Å². The van der Waals surface area contributed by atoms with Gasteiger partial charge in [-0.2, -0.15) is 9.97 Å². The van der Waals surface area contributed by atoms with Crippen LogP contribution in [0.1, 0.15) is 25.6 Å². The van der Waals surface area contributed by atoms with E-state index in [2.05, 4.69) is 20.3 Å². The molecule has 1 aliphatic rings. The number of hydrogen-bond acceptors (Lipinski definition) is 9. The molecule has 0 radical (unpaired) electrons. The molecule has 5 N–H and O–H groups in total. The largest absolute Gasteiger partial charge is 0.444 e. The molecule has 1 saturated heterocycles. The number of nitrogens with zero attached hydrogens (tertiary/aromatic N) is 4. The van der Waals surface area contributed by atoms with Crippen LogP contribution in [0.25, 0.3) is 11.2 Å². The van der Waals surface area contributed by atoms with Crippen LogP contribution in [0.15, 0.2) is 36.7 Å². The van der Waals surface area contributed by atoms with Crippen LogP contribution in [0.3, 0.4) is 0 Å². The van der Waals surface area contributed by atoms with Crippen LogP contribution < -0.4 is 11.1 Å². The maximum atomic E-state index is 12.3. The highest BCUT2D eigenvalue weighted by atomic mass is 16.6. The van der Waals surface area contributed by atoms with Gasteiger partial charge in [0.15, 0.2) is 23.2 Å². The summed E-state index contributed by atoms with van der Waals surface area (Å²) >= 11 is 0. The number of rotatable bonds is 5. The number of amides is 1. The summed E-state index contributed by atoms with van der Waals surface area (Å²) in [5.41, 5.74) is 5.90. The Morgan fingerprint density at radius 1 is 1.35 bits per heavy atom. The highest BCUT2D eigenvalue weighted by molar-refractivity contribution is 5.94. The second-order valence-electron chi connectivity index (χ2n) is 7.67. The lowest BCUT2D eigenvalue weighted by Crippen LogP contribution is -2.38. The van der Waals surface area contributed by atoms with Crippen molar-refractivity contribution in [2.75, 3.05) is 17.7 Å². The van der Waals surface area contributed by atoms with E-state index in [0.29, 0.717) is 0 Å². The Kier molecular flexibility index (Phi) is 5.48. The molecule has 0 bridgehead atoms. The van der Waals surface area contributed by atoms with Crippen molar-refractivity contribution in [3.05, 3.63) is 42.2 Å². The van der Waals surface area contributed by atoms with E-state index in [0.717, 1.165) is 5.56 Å². The number of carbonyl (C=O) groups is 1. The Hall–Kier alpha value is -3.28. The minimum Gasteiger partial charge on any atom is -0.444 e. The first-order valence-corrected chi connectivity index (χ1v) is 9.77. The molecule has 11 heteroatoms. The number of hydrogen-bond donors (Lipinski definition) is 4. The third kappa shape index (κ3) is 3.90.